The van der Waals surface area contributed by atoms with Crippen molar-refractivity contribution in [2.24, 2.45) is 17.2 Å². The average Bonchev–Trinajstić information content (AvgIpc) is 3.80. The van der Waals surface area contributed by atoms with Crippen LogP contribution in [0.3, 0.4) is 0 Å². The van der Waals surface area contributed by atoms with Gasteiger partial charge in [-0.25, -0.2) is 4.79 Å². The molecule has 85 heavy (non-hydrogen) atoms. The first-order chi connectivity index (χ1) is 40.5. The summed E-state index contributed by atoms with van der Waals surface area (Å²) in [7, 11) is 0. The molecular formula is C56H71N13O16. The Morgan fingerprint density at radius 2 is 0.918 bits per heavy atom. The number of para-hydroxylation sites is 2. The lowest BCUT2D eigenvalue weighted by Gasteiger charge is -2.27. The van der Waals surface area contributed by atoms with Crippen LogP contribution in [-0.2, 0) is 76.8 Å². The van der Waals surface area contributed by atoms with Gasteiger partial charge in [0.25, 0.3) is 0 Å². The molecule has 3 aromatic carbocycles. The number of carboxylic acid groups (broad SMARTS) is 3. The van der Waals surface area contributed by atoms with E-state index >= 15 is 0 Å². The molecule has 0 unspecified atom stereocenters. The maximum atomic E-state index is 14.6. The van der Waals surface area contributed by atoms with Crippen molar-refractivity contribution < 1.29 is 78.0 Å². The molecule has 0 aliphatic rings. The van der Waals surface area contributed by atoms with Crippen LogP contribution in [-0.4, -0.2) is 169 Å². The van der Waals surface area contributed by atoms with Gasteiger partial charge in [-0.1, -0.05) is 66.7 Å². The summed E-state index contributed by atoms with van der Waals surface area (Å²) in [4.78, 5) is 166. The number of primary amides is 1. The normalized spacial score (nSPS) is 14.3. The minimum absolute atomic E-state index is 0.0506. The molecule has 29 heteroatoms. The van der Waals surface area contributed by atoms with E-state index in [-0.39, 0.29) is 25.7 Å². The van der Waals surface area contributed by atoms with Crippen molar-refractivity contribution in [3.05, 3.63) is 108 Å². The molecule has 0 saturated heterocycles. The summed E-state index contributed by atoms with van der Waals surface area (Å²) in [6, 6.07) is 7.91. The van der Waals surface area contributed by atoms with Crippen LogP contribution in [0.2, 0.25) is 0 Å². The Morgan fingerprint density at radius 1 is 0.482 bits per heavy atom. The topological polar surface area (TPSA) is 492 Å². The van der Waals surface area contributed by atoms with Gasteiger partial charge in [0.05, 0.1) is 19.4 Å². The van der Waals surface area contributed by atoms with Crippen LogP contribution < -0.4 is 59.7 Å². The quantitative estimate of drug-likeness (QED) is 0.0184. The minimum atomic E-state index is -1.98. The Balaban J connectivity index is 1.43. The van der Waals surface area contributed by atoms with Crippen LogP contribution in [0, 0.1) is 0 Å². The number of unbranched alkanes of at least 4 members (excludes halogenated alkanes) is 1. The fourth-order valence-corrected chi connectivity index (χ4v) is 9.00. The number of benzene rings is 3. The van der Waals surface area contributed by atoms with Crippen molar-refractivity contribution in [1.29, 1.82) is 0 Å². The largest absolute Gasteiger partial charge is 0.481 e. The van der Waals surface area contributed by atoms with Crippen LogP contribution in [0.25, 0.3) is 21.8 Å². The number of rotatable bonds is 35. The number of carbonyl (C=O) groups excluding carboxylic acids is 9. The van der Waals surface area contributed by atoms with Gasteiger partial charge in [-0.05, 0) is 68.0 Å². The van der Waals surface area contributed by atoms with E-state index in [1.54, 1.807) is 91.3 Å². The fourth-order valence-electron chi connectivity index (χ4n) is 9.00. The zero-order chi connectivity index (χ0) is 62.3. The van der Waals surface area contributed by atoms with E-state index in [0.717, 1.165) is 0 Å². The first kappa shape index (κ1) is 66.1. The van der Waals surface area contributed by atoms with E-state index in [2.05, 4.69) is 47.2 Å². The van der Waals surface area contributed by atoms with Crippen molar-refractivity contribution in [2.75, 3.05) is 13.2 Å². The van der Waals surface area contributed by atoms with Crippen LogP contribution in [0.4, 0.5) is 0 Å². The van der Waals surface area contributed by atoms with E-state index in [4.69, 9.17) is 17.2 Å². The SMILES string of the molecule is C[C@H](NC(=O)[C@H](Cc1c[nH]c2ccccc12)NC(=O)[C@H](CCC(=O)O)NC(=O)[C@H](CC(N)=O)NC(=O)[C@H](CC(=O)O)NC(=O)[C@@H](N)CO)C(=O)N[C@@H](Cc1c[nH]c2ccccc12)C(=O)N[C@@H](Cc1ccccc1)C(=O)N[C@@H](CCCCN)C(=O)O. The summed E-state index contributed by atoms with van der Waals surface area (Å²) >= 11 is 0. The Kier molecular flexibility index (Phi) is 25.0. The Morgan fingerprint density at radius 3 is 1.42 bits per heavy atom. The molecule has 5 aromatic rings. The van der Waals surface area contributed by atoms with Crippen molar-refractivity contribution >= 4 is 92.9 Å². The second kappa shape index (κ2) is 32.2. The predicted octanol–water partition coefficient (Wildman–Crippen LogP) is -2.68. The molecule has 0 radical (unpaired) electrons. The Labute approximate surface area is 485 Å². The zero-order valence-corrected chi connectivity index (χ0v) is 46.3. The monoisotopic (exact) mass is 1180 g/mol. The molecule has 0 saturated carbocycles. The molecule has 0 fully saturated rings. The standard InChI is InChI=1S/C56H71N13O16/c1-29(48(76)65-42(23-32-27-61-37-16-8-6-14-34(32)37)53(81)67-40(21-30-11-3-2-4-12-30)52(80)64-39(56(84)85)17-9-10-20-57)62-51(79)41(22-31-26-60-36-15-7-5-13-33(31)36)68-50(78)38(18-19-46(72)73)63-54(82)43(24-45(59)71)69-55(83)44(25-47(74)75)66-49(77)35(58)28-70/h2-8,11-16,26-27,29,35,38-44,60-61,70H,9-10,17-25,28,57-58H2,1H3,(H2,59,71)(H,62,79)(H,63,82)(H,64,80)(H,65,76)(H,66,77)(H,67,81)(H,68,78)(H,69,83)(H,72,73)(H,74,75)(H,84,85)/t29-,35-,38-,39-,40-,41-,42-,43-,44-/m0/s1. The first-order valence-corrected chi connectivity index (χ1v) is 27.1. The second-order valence-electron chi connectivity index (χ2n) is 20.1. The number of aromatic nitrogens is 2. The molecule has 456 valence electrons. The maximum absolute atomic E-state index is 14.6. The minimum Gasteiger partial charge on any atom is -0.481 e. The van der Waals surface area contributed by atoms with Crippen LogP contribution in [0.5, 0.6) is 0 Å². The van der Waals surface area contributed by atoms with E-state index in [0.29, 0.717) is 57.9 Å². The molecule has 0 aliphatic carbocycles. The van der Waals surface area contributed by atoms with Gasteiger partial charge in [0.1, 0.15) is 54.4 Å². The number of hydrogen-bond acceptors (Lipinski definition) is 15. The highest BCUT2D eigenvalue weighted by atomic mass is 16.4. The maximum Gasteiger partial charge on any atom is 0.326 e. The molecule has 5 rings (SSSR count). The van der Waals surface area contributed by atoms with E-state index in [9.17, 15) is 78.0 Å². The van der Waals surface area contributed by atoms with Crippen molar-refractivity contribution in [1.82, 2.24) is 52.5 Å². The molecular weight excluding hydrogens is 1110 g/mol. The van der Waals surface area contributed by atoms with Gasteiger partial charge in [0, 0.05) is 59.9 Å². The first-order valence-electron chi connectivity index (χ1n) is 27.1. The van der Waals surface area contributed by atoms with Crippen molar-refractivity contribution in [2.45, 2.75) is 126 Å². The highest BCUT2D eigenvalue weighted by Crippen LogP contribution is 2.21. The molecule has 0 bridgehead atoms. The highest BCUT2D eigenvalue weighted by molar-refractivity contribution is 6.00. The van der Waals surface area contributed by atoms with E-state index < -0.39 is 158 Å². The van der Waals surface area contributed by atoms with Gasteiger partial charge >= 0.3 is 17.9 Å². The summed E-state index contributed by atoms with van der Waals surface area (Å²) in [5.41, 5.74) is 19.4. The van der Waals surface area contributed by atoms with Gasteiger partial charge in [-0.2, -0.15) is 0 Å². The lowest BCUT2D eigenvalue weighted by atomic mass is 10.0. The lowest BCUT2D eigenvalue weighted by molar-refractivity contribution is -0.142. The number of aromatic amines is 2. The number of aliphatic hydroxyl groups excluding tert-OH is 1. The summed E-state index contributed by atoms with van der Waals surface area (Å²) < 4.78 is 0. The summed E-state index contributed by atoms with van der Waals surface area (Å²) in [5, 5.41) is 59.0. The number of carboxylic acids is 3. The number of nitrogens with one attached hydrogen (secondary N) is 10. The summed E-state index contributed by atoms with van der Waals surface area (Å²) in [6.07, 6.45) is 0.0454. The van der Waals surface area contributed by atoms with Crippen molar-refractivity contribution in [3.63, 3.8) is 0 Å². The van der Waals surface area contributed by atoms with Crippen LogP contribution in [0.15, 0.2) is 91.3 Å². The summed E-state index contributed by atoms with van der Waals surface area (Å²) in [5.74, 6) is -14.2. The number of H-pyrrole nitrogens is 2. The second-order valence-corrected chi connectivity index (χ2v) is 20.1. The van der Waals surface area contributed by atoms with Gasteiger partial charge in [0.15, 0.2) is 0 Å². The third kappa shape index (κ3) is 20.3. The predicted molar refractivity (Wildman–Crippen MR) is 304 cm³/mol. The van der Waals surface area contributed by atoms with Crippen molar-refractivity contribution in [3.8, 4) is 0 Å². The number of hydrogen-bond donors (Lipinski definition) is 17. The third-order valence-electron chi connectivity index (χ3n) is 13.6. The Hall–Kier alpha value is -9.74. The Bertz CT molecular complexity index is 3200. The molecule has 0 aliphatic heterocycles. The summed E-state index contributed by atoms with van der Waals surface area (Å²) in [6.45, 7) is 0.673. The molecule has 2 heterocycles. The zero-order valence-electron chi connectivity index (χ0n) is 46.3. The molecule has 2 aromatic heterocycles. The number of nitrogens with two attached hydrogens (primary N) is 3. The fraction of sp³-hybridized carbons (Fsp3) is 0.393. The van der Waals surface area contributed by atoms with Gasteiger partial charge in [-0.15, -0.1) is 0 Å². The lowest BCUT2D eigenvalue weighted by Crippen LogP contribution is -2.61. The molecule has 9 amide bonds. The number of fused-ring (bicyclic) bond motifs is 2. The highest BCUT2D eigenvalue weighted by Gasteiger charge is 2.36. The number of aliphatic carboxylic acids is 3. The van der Waals surface area contributed by atoms with E-state index in [1.807, 2.05) is 5.32 Å². The number of carbonyl (C=O) groups is 12. The average molecular weight is 1180 g/mol. The number of aliphatic hydroxyl groups is 1. The molecule has 9 atom stereocenters. The van der Waals surface area contributed by atoms with E-state index in [1.165, 1.54) is 6.92 Å². The number of amides is 9. The van der Waals surface area contributed by atoms with Gasteiger partial charge in [-0.3, -0.25) is 52.7 Å². The molecule has 29 nitrogen and oxygen atoms in total. The molecule has 20 N–H and O–H groups in total. The van der Waals surface area contributed by atoms with Gasteiger partial charge < -0.3 is 90.1 Å². The third-order valence-corrected chi connectivity index (χ3v) is 13.6. The smallest absolute Gasteiger partial charge is 0.326 e. The van der Waals surface area contributed by atoms with Crippen LogP contribution in [0.1, 0.15) is 68.6 Å². The van der Waals surface area contributed by atoms with Crippen LogP contribution >= 0.6 is 0 Å². The van der Waals surface area contributed by atoms with Gasteiger partial charge in [0.2, 0.25) is 53.2 Å². The molecule has 0 spiro atoms.